The zero-order chi connectivity index (χ0) is 12.8. The van der Waals surface area contributed by atoms with Crippen LogP contribution < -0.4 is 5.32 Å². The Kier molecular flexibility index (Phi) is 6.01. The summed E-state index contributed by atoms with van der Waals surface area (Å²) in [5, 5.41) is 3.66. The van der Waals surface area contributed by atoms with Gasteiger partial charge in [-0.3, -0.25) is 0 Å². The molecule has 0 aliphatic rings. The summed E-state index contributed by atoms with van der Waals surface area (Å²) in [5.41, 5.74) is 4.04. The van der Waals surface area contributed by atoms with Gasteiger partial charge in [0.25, 0.3) is 0 Å². The molecule has 0 radical (unpaired) electrons. The average Bonchev–Trinajstić information content (AvgIpc) is 2.22. The van der Waals surface area contributed by atoms with Crippen LogP contribution in [0.15, 0.2) is 18.2 Å². The highest BCUT2D eigenvalue weighted by atomic mass is 35.5. The van der Waals surface area contributed by atoms with Gasteiger partial charge in [-0.1, -0.05) is 32.0 Å². The fourth-order valence-electron chi connectivity index (χ4n) is 1.88. The van der Waals surface area contributed by atoms with Gasteiger partial charge in [0.1, 0.15) is 0 Å². The van der Waals surface area contributed by atoms with Crippen LogP contribution in [0.4, 0.5) is 0 Å². The van der Waals surface area contributed by atoms with Crippen molar-refractivity contribution in [2.24, 2.45) is 5.92 Å². The second-order valence-corrected chi connectivity index (χ2v) is 5.89. The van der Waals surface area contributed by atoms with Crippen LogP contribution in [-0.4, -0.2) is 11.9 Å². The number of nitrogens with one attached hydrogen (secondary N) is 1. The number of aryl methyl sites for hydroxylation is 2. The van der Waals surface area contributed by atoms with Crippen LogP contribution in [0, 0.1) is 19.8 Å². The molecule has 17 heavy (non-hydrogen) atoms. The molecule has 1 unspecified atom stereocenters. The van der Waals surface area contributed by atoms with Gasteiger partial charge in [-0.2, -0.15) is 0 Å². The van der Waals surface area contributed by atoms with Crippen LogP contribution in [-0.2, 0) is 6.54 Å². The molecule has 0 amide bonds. The van der Waals surface area contributed by atoms with Crippen molar-refractivity contribution in [2.45, 2.75) is 46.0 Å². The first-order valence-electron chi connectivity index (χ1n) is 6.40. The van der Waals surface area contributed by atoms with Gasteiger partial charge in [0.2, 0.25) is 0 Å². The van der Waals surface area contributed by atoms with Crippen LogP contribution in [0.3, 0.4) is 0 Å². The van der Waals surface area contributed by atoms with Crippen molar-refractivity contribution in [2.75, 3.05) is 6.54 Å². The summed E-state index contributed by atoms with van der Waals surface area (Å²) in [6.07, 6.45) is 1.07. The van der Waals surface area contributed by atoms with E-state index in [4.69, 9.17) is 11.6 Å². The number of rotatable bonds is 6. The minimum absolute atomic E-state index is 0.238. The van der Waals surface area contributed by atoms with Gasteiger partial charge < -0.3 is 5.32 Å². The Morgan fingerprint density at radius 2 is 1.88 bits per heavy atom. The van der Waals surface area contributed by atoms with E-state index in [1.807, 2.05) is 0 Å². The smallest absolute Gasteiger partial charge is 0.0463 e. The quantitative estimate of drug-likeness (QED) is 0.755. The van der Waals surface area contributed by atoms with E-state index in [-0.39, 0.29) is 5.38 Å². The van der Waals surface area contributed by atoms with E-state index in [0.29, 0.717) is 5.92 Å². The monoisotopic (exact) mass is 253 g/mol. The molecule has 0 bridgehead atoms. The molecule has 0 heterocycles. The van der Waals surface area contributed by atoms with E-state index in [2.05, 4.69) is 51.2 Å². The van der Waals surface area contributed by atoms with E-state index in [9.17, 15) is 0 Å². The lowest BCUT2D eigenvalue weighted by Gasteiger charge is -2.13. The Balaban J connectivity index is 2.33. The minimum atomic E-state index is 0.238. The van der Waals surface area contributed by atoms with Crippen LogP contribution in [0.25, 0.3) is 0 Å². The topological polar surface area (TPSA) is 12.0 Å². The Hall–Kier alpha value is -0.530. The van der Waals surface area contributed by atoms with E-state index in [1.54, 1.807) is 0 Å². The first-order valence-corrected chi connectivity index (χ1v) is 6.83. The number of hydrogen-bond acceptors (Lipinski definition) is 1. The third kappa shape index (κ3) is 5.56. The van der Waals surface area contributed by atoms with Crippen molar-refractivity contribution < 1.29 is 0 Å². The molecule has 0 aliphatic heterocycles. The summed E-state index contributed by atoms with van der Waals surface area (Å²) < 4.78 is 0. The van der Waals surface area contributed by atoms with Crippen molar-refractivity contribution in [1.29, 1.82) is 0 Å². The van der Waals surface area contributed by atoms with Crippen LogP contribution >= 0.6 is 11.6 Å². The third-order valence-electron chi connectivity index (χ3n) is 2.99. The fraction of sp³-hybridized carbons (Fsp3) is 0.600. The molecule has 1 aromatic rings. The normalized spacial score (nSPS) is 13.1. The zero-order valence-corrected chi connectivity index (χ0v) is 12.1. The predicted molar refractivity (Wildman–Crippen MR) is 76.7 cm³/mol. The summed E-state index contributed by atoms with van der Waals surface area (Å²) in [5.74, 6) is 0.668. The molecule has 0 aromatic heterocycles. The van der Waals surface area contributed by atoms with Crippen molar-refractivity contribution >= 4 is 11.6 Å². The van der Waals surface area contributed by atoms with Gasteiger partial charge in [0.05, 0.1) is 0 Å². The Labute approximate surface area is 111 Å². The van der Waals surface area contributed by atoms with E-state index < -0.39 is 0 Å². The number of halogens is 1. The highest BCUT2D eigenvalue weighted by molar-refractivity contribution is 6.20. The van der Waals surface area contributed by atoms with Crippen LogP contribution in [0.1, 0.15) is 37.0 Å². The molecule has 1 aromatic carbocycles. The molecule has 96 valence electrons. The maximum atomic E-state index is 6.24. The van der Waals surface area contributed by atoms with Crippen molar-refractivity contribution in [3.05, 3.63) is 34.9 Å². The van der Waals surface area contributed by atoms with E-state index >= 15 is 0 Å². The first-order chi connectivity index (χ1) is 7.99. The third-order valence-corrected chi connectivity index (χ3v) is 3.33. The molecule has 1 nitrogen and oxygen atoms in total. The largest absolute Gasteiger partial charge is 0.311 e. The molecule has 1 N–H and O–H groups in total. The molecule has 0 aliphatic carbocycles. The lowest BCUT2D eigenvalue weighted by atomic mass is 10.1. The Bertz CT molecular complexity index is 347. The second kappa shape index (κ2) is 7.03. The lowest BCUT2D eigenvalue weighted by Crippen LogP contribution is -2.24. The summed E-state index contributed by atoms with van der Waals surface area (Å²) in [7, 11) is 0. The van der Waals surface area contributed by atoms with E-state index in [0.717, 1.165) is 19.5 Å². The molecular formula is C15H24ClN. The van der Waals surface area contributed by atoms with Gasteiger partial charge in [-0.05, 0) is 42.9 Å². The van der Waals surface area contributed by atoms with Gasteiger partial charge in [-0.25, -0.2) is 0 Å². The maximum absolute atomic E-state index is 6.24. The Morgan fingerprint density at radius 3 is 2.47 bits per heavy atom. The minimum Gasteiger partial charge on any atom is -0.311 e. The summed E-state index contributed by atoms with van der Waals surface area (Å²) in [4.78, 5) is 0. The molecule has 0 fully saturated rings. The van der Waals surface area contributed by atoms with Crippen molar-refractivity contribution in [1.82, 2.24) is 5.32 Å². The van der Waals surface area contributed by atoms with Gasteiger partial charge in [-0.15, -0.1) is 11.6 Å². The molecule has 0 saturated carbocycles. The SMILES string of the molecule is Cc1ccc(CNCC(Cl)CC(C)C)cc1C. The number of benzene rings is 1. The van der Waals surface area contributed by atoms with Gasteiger partial charge >= 0.3 is 0 Å². The zero-order valence-electron chi connectivity index (χ0n) is 11.4. The predicted octanol–water partition coefficient (Wildman–Crippen LogP) is 4.05. The highest BCUT2D eigenvalue weighted by Gasteiger charge is 2.06. The van der Waals surface area contributed by atoms with Crippen molar-refractivity contribution in [3.8, 4) is 0 Å². The molecule has 1 atom stereocenters. The number of hydrogen-bond donors (Lipinski definition) is 1. The maximum Gasteiger partial charge on any atom is 0.0463 e. The Morgan fingerprint density at radius 1 is 1.18 bits per heavy atom. The molecular weight excluding hydrogens is 230 g/mol. The molecule has 2 heteroatoms. The van der Waals surface area contributed by atoms with Crippen LogP contribution in [0.2, 0.25) is 0 Å². The highest BCUT2D eigenvalue weighted by Crippen LogP contribution is 2.11. The fourth-order valence-corrected chi connectivity index (χ4v) is 2.35. The summed E-state index contributed by atoms with van der Waals surface area (Å²) >= 11 is 6.24. The summed E-state index contributed by atoms with van der Waals surface area (Å²) in [6.45, 7) is 10.5. The standard InChI is InChI=1S/C15H24ClN/c1-11(2)7-15(16)10-17-9-14-6-5-12(3)13(4)8-14/h5-6,8,11,15,17H,7,9-10H2,1-4H3. The van der Waals surface area contributed by atoms with Crippen LogP contribution in [0.5, 0.6) is 0 Å². The van der Waals surface area contributed by atoms with E-state index in [1.165, 1.54) is 16.7 Å². The average molecular weight is 254 g/mol. The van der Waals surface area contributed by atoms with Gasteiger partial charge in [0, 0.05) is 18.5 Å². The van der Waals surface area contributed by atoms with Gasteiger partial charge in [0.15, 0.2) is 0 Å². The molecule has 1 rings (SSSR count). The lowest BCUT2D eigenvalue weighted by molar-refractivity contribution is 0.533. The second-order valence-electron chi connectivity index (χ2n) is 5.28. The first kappa shape index (κ1) is 14.5. The number of alkyl halides is 1. The summed E-state index contributed by atoms with van der Waals surface area (Å²) in [6, 6.07) is 6.60. The molecule has 0 saturated heterocycles. The molecule has 0 spiro atoms. The van der Waals surface area contributed by atoms with Crippen molar-refractivity contribution in [3.63, 3.8) is 0 Å².